The van der Waals surface area contributed by atoms with Crippen molar-refractivity contribution in [3.05, 3.63) is 35.9 Å². The molecule has 0 atom stereocenters. The fraction of sp³-hybridized carbons (Fsp3) is 0.333. The molecule has 0 unspecified atom stereocenters. The lowest BCUT2D eigenvalue weighted by molar-refractivity contribution is -0.200. The number of esters is 2. The molecule has 0 saturated carbocycles. The molecule has 0 amide bonds. The molecule has 4 heteroatoms. The summed E-state index contributed by atoms with van der Waals surface area (Å²) in [6, 6.07) is 9.32. The highest BCUT2D eigenvalue weighted by Crippen LogP contribution is 2.28. The van der Waals surface area contributed by atoms with Gasteiger partial charge in [-0.1, -0.05) is 30.3 Å². The Morgan fingerprint density at radius 2 is 1.69 bits per heavy atom. The van der Waals surface area contributed by atoms with Gasteiger partial charge < -0.3 is 9.47 Å². The molecule has 0 spiro atoms. The van der Waals surface area contributed by atoms with Crippen LogP contribution >= 0.6 is 0 Å². The fourth-order valence-electron chi connectivity index (χ4n) is 1.69. The van der Waals surface area contributed by atoms with Crippen molar-refractivity contribution in [2.24, 2.45) is 5.41 Å². The molecule has 1 saturated heterocycles. The van der Waals surface area contributed by atoms with Crippen LogP contribution in [0, 0.1) is 5.41 Å². The zero-order valence-electron chi connectivity index (χ0n) is 8.93. The Morgan fingerprint density at radius 3 is 2.25 bits per heavy atom. The second-order valence-electron chi connectivity index (χ2n) is 3.98. The molecule has 1 aromatic carbocycles. The molecular formula is C12H12O4. The number of ether oxygens (including phenoxy) is 2. The van der Waals surface area contributed by atoms with Crippen molar-refractivity contribution in [2.45, 2.75) is 13.3 Å². The molecule has 0 bridgehead atoms. The van der Waals surface area contributed by atoms with Crippen LogP contribution in [-0.4, -0.2) is 18.7 Å². The van der Waals surface area contributed by atoms with Crippen LogP contribution in [0.25, 0.3) is 0 Å². The van der Waals surface area contributed by atoms with E-state index in [1.807, 2.05) is 30.3 Å². The maximum Gasteiger partial charge on any atom is 0.326 e. The molecular weight excluding hydrogens is 208 g/mol. The van der Waals surface area contributed by atoms with Gasteiger partial charge >= 0.3 is 11.9 Å². The Labute approximate surface area is 93.2 Å². The number of benzene rings is 1. The van der Waals surface area contributed by atoms with Crippen LogP contribution in [0.2, 0.25) is 0 Å². The van der Waals surface area contributed by atoms with Gasteiger partial charge in [0.05, 0.1) is 0 Å². The van der Waals surface area contributed by atoms with Crippen molar-refractivity contribution >= 4 is 11.9 Å². The first-order valence-electron chi connectivity index (χ1n) is 5.01. The molecule has 0 radical (unpaired) electrons. The number of cyclic esters (lactones) is 2. The van der Waals surface area contributed by atoms with Gasteiger partial charge in [-0.2, -0.15) is 0 Å². The molecule has 1 fully saturated rings. The minimum Gasteiger partial charge on any atom is -0.427 e. The van der Waals surface area contributed by atoms with Crippen LogP contribution in [0.3, 0.4) is 0 Å². The van der Waals surface area contributed by atoms with E-state index in [0.717, 1.165) is 5.56 Å². The maximum absolute atomic E-state index is 11.6. The minimum absolute atomic E-state index is 0.276. The Kier molecular flexibility index (Phi) is 2.64. The van der Waals surface area contributed by atoms with Gasteiger partial charge in [0.1, 0.15) is 0 Å². The van der Waals surface area contributed by atoms with Gasteiger partial charge in [0.15, 0.2) is 5.41 Å². The third kappa shape index (κ3) is 1.78. The monoisotopic (exact) mass is 220 g/mol. The average molecular weight is 220 g/mol. The van der Waals surface area contributed by atoms with Crippen LogP contribution in [0.5, 0.6) is 0 Å². The molecule has 0 aliphatic carbocycles. The molecule has 0 aromatic heterocycles. The van der Waals surface area contributed by atoms with Gasteiger partial charge in [-0.05, 0) is 18.9 Å². The SMILES string of the molecule is CC1(Cc2ccccc2)C(=O)OCOC1=O. The number of rotatable bonds is 2. The third-order valence-electron chi connectivity index (χ3n) is 2.68. The van der Waals surface area contributed by atoms with E-state index in [4.69, 9.17) is 9.47 Å². The van der Waals surface area contributed by atoms with Gasteiger partial charge in [0.2, 0.25) is 6.79 Å². The van der Waals surface area contributed by atoms with E-state index < -0.39 is 17.4 Å². The van der Waals surface area contributed by atoms with Gasteiger partial charge in [0.25, 0.3) is 0 Å². The van der Waals surface area contributed by atoms with Gasteiger partial charge in [-0.15, -0.1) is 0 Å². The molecule has 16 heavy (non-hydrogen) atoms. The van der Waals surface area contributed by atoms with E-state index in [1.165, 1.54) is 0 Å². The molecule has 84 valence electrons. The Morgan fingerprint density at radius 1 is 1.12 bits per heavy atom. The Balaban J connectivity index is 2.24. The summed E-state index contributed by atoms with van der Waals surface area (Å²) < 4.78 is 9.51. The Hall–Kier alpha value is -1.84. The first-order chi connectivity index (χ1) is 7.63. The predicted octanol–water partition coefficient (Wildman–Crippen LogP) is 1.29. The van der Waals surface area contributed by atoms with E-state index in [-0.39, 0.29) is 6.79 Å². The van der Waals surface area contributed by atoms with Crippen LogP contribution in [0.1, 0.15) is 12.5 Å². The molecule has 1 heterocycles. The zero-order valence-corrected chi connectivity index (χ0v) is 8.93. The molecule has 1 aliphatic rings. The predicted molar refractivity (Wildman–Crippen MR) is 55.3 cm³/mol. The molecule has 1 aliphatic heterocycles. The summed E-state index contributed by atoms with van der Waals surface area (Å²) >= 11 is 0. The van der Waals surface area contributed by atoms with Crippen LogP contribution < -0.4 is 0 Å². The van der Waals surface area contributed by atoms with Crippen molar-refractivity contribution in [3.8, 4) is 0 Å². The van der Waals surface area contributed by atoms with Crippen molar-refractivity contribution in [2.75, 3.05) is 6.79 Å². The lowest BCUT2D eigenvalue weighted by Crippen LogP contribution is -2.45. The summed E-state index contributed by atoms with van der Waals surface area (Å²) in [5.74, 6) is -1.04. The van der Waals surface area contributed by atoms with Crippen molar-refractivity contribution < 1.29 is 19.1 Å². The topological polar surface area (TPSA) is 52.6 Å². The highest BCUT2D eigenvalue weighted by Gasteiger charge is 2.47. The van der Waals surface area contributed by atoms with E-state index >= 15 is 0 Å². The standard InChI is InChI=1S/C12H12O4/c1-12(7-9-5-3-2-4-6-9)10(13)15-8-16-11(12)14/h2-6H,7-8H2,1H3. The number of hydrogen-bond donors (Lipinski definition) is 0. The average Bonchev–Trinajstić information content (AvgIpc) is 2.28. The maximum atomic E-state index is 11.6. The van der Waals surface area contributed by atoms with Crippen molar-refractivity contribution in [1.82, 2.24) is 0 Å². The van der Waals surface area contributed by atoms with E-state index in [1.54, 1.807) is 6.92 Å². The largest absolute Gasteiger partial charge is 0.427 e. The summed E-state index contributed by atoms with van der Waals surface area (Å²) in [4.78, 5) is 23.2. The second kappa shape index (κ2) is 3.96. The molecule has 1 aromatic rings. The van der Waals surface area contributed by atoms with Gasteiger partial charge in [-0.3, -0.25) is 9.59 Å². The van der Waals surface area contributed by atoms with Gasteiger partial charge in [0, 0.05) is 0 Å². The lowest BCUT2D eigenvalue weighted by Gasteiger charge is -2.29. The number of carbonyl (C=O) groups is 2. The Bertz CT molecular complexity index is 394. The summed E-state index contributed by atoms with van der Waals surface area (Å²) in [5, 5.41) is 0. The third-order valence-corrected chi connectivity index (χ3v) is 2.68. The quantitative estimate of drug-likeness (QED) is 0.556. The minimum atomic E-state index is -1.22. The molecule has 4 nitrogen and oxygen atoms in total. The van der Waals surface area contributed by atoms with Crippen LogP contribution in [-0.2, 0) is 25.5 Å². The highest BCUT2D eigenvalue weighted by atomic mass is 16.7. The summed E-state index contributed by atoms with van der Waals surface area (Å²) in [7, 11) is 0. The number of hydrogen-bond acceptors (Lipinski definition) is 4. The van der Waals surface area contributed by atoms with Crippen molar-refractivity contribution in [1.29, 1.82) is 0 Å². The van der Waals surface area contributed by atoms with Crippen LogP contribution in [0.4, 0.5) is 0 Å². The summed E-state index contributed by atoms with van der Waals surface area (Å²) in [6.07, 6.45) is 0.297. The van der Waals surface area contributed by atoms with Gasteiger partial charge in [-0.25, -0.2) is 0 Å². The van der Waals surface area contributed by atoms with E-state index in [0.29, 0.717) is 6.42 Å². The smallest absolute Gasteiger partial charge is 0.326 e. The van der Waals surface area contributed by atoms with Crippen molar-refractivity contribution in [3.63, 3.8) is 0 Å². The highest BCUT2D eigenvalue weighted by molar-refractivity contribution is 6.00. The fourth-order valence-corrected chi connectivity index (χ4v) is 1.69. The summed E-state index contributed by atoms with van der Waals surface area (Å²) in [5.41, 5.74) is -0.319. The molecule has 2 rings (SSSR count). The van der Waals surface area contributed by atoms with Crippen LogP contribution in [0.15, 0.2) is 30.3 Å². The zero-order chi connectivity index (χ0) is 11.6. The summed E-state index contributed by atoms with van der Waals surface area (Å²) in [6.45, 7) is 1.27. The first-order valence-corrected chi connectivity index (χ1v) is 5.01. The van der Waals surface area contributed by atoms with E-state index in [9.17, 15) is 9.59 Å². The second-order valence-corrected chi connectivity index (χ2v) is 3.98. The van der Waals surface area contributed by atoms with E-state index in [2.05, 4.69) is 0 Å². The first kappa shape index (κ1) is 10.7. The lowest BCUT2D eigenvalue weighted by atomic mass is 9.83. The molecule has 0 N–H and O–H groups in total. The number of carbonyl (C=O) groups excluding carboxylic acids is 2. The normalized spacial score (nSPS) is 18.8.